The van der Waals surface area contributed by atoms with Crippen LogP contribution in [0.2, 0.25) is 0 Å². The third-order valence-corrected chi connectivity index (χ3v) is 4.70. The Hall–Kier alpha value is -1.45. The number of unbranched alkanes of at least 4 members (excludes halogenated alkanes) is 2. The van der Waals surface area contributed by atoms with E-state index in [0.717, 1.165) is 44.9 Å². The third kappa shape index (κ3) is 4.52. The first-order valence-corrected chi connectivity index (χ1v) is 8.69. The molecule has 1 aromatic rings. The molecule has 1 aromatic carbocycles. The summed E-state index contributed by atoms with van der Waals surface area (Å²) in [4.78, 5) is 12.4. The lowest BCUT2D eigenvalue weighted by molar-refractivity contribution is 0.0870. The number of halogens is 2. The lowest BCUT2D eigenvalue weighted by atomic mass is 9.79. The lowest BCUT2D eigenvalue weighted by Crippen LogP contribution is -2.22. The molecule has 0 heterocycles. The van der Waals surface area contributed by atoms with Gasteiger partial charge in [-0.15, -0.1) is 0 Å². The van der Waals surface area contributed by atoms with Crippen LogP contribution in [0.25, 0.3) is 0 Å². The molecule has 2 rings (SSSR count). The summed E-state index contributed by atoms with van der Waals surface area (Å²) in [5, 5.41) is 0. The van der Waals surface area contributed by atoms with E-state index >= 15 is 0 Å². The van der Waals surface area contributed by atoms with E-state index < -0.39 is 11.6 Å². The molecule has 0 N–H and O–H groups in total. The van der Waals surface area contributed by atoms with Crippen molar-refractivity contribution in [3.8, 4) is 5.75 Å². The molecule has 0 unspecified atom stereocenters. The first-order chi connectivity index (χ1) is 11.0. The number of benzene rings is 1. The largest absolute Gasteiger partial charge is 0.490 e. The van der Waals surface area contributed by atoms with Crippen molar-refractivity contribution in [1.29, 1.82) is 0 Å². The molecule has 0 atom stereocenters. The van der Waals surface area contributed by atoms with Gasteiger partial charge in [0, 0.05) is 5.92 Å². The maximum atomic E-state index is 14.2. The van der Waals surface area contributed by atoms with E-state index in [9.17, 15) is 13.6 Å². The van der Waals surface area contributed by atoms with Crippen molar-refractivity contribution >= 4 is 5.78 Å². The molecule has 1 fully saturated rings. The smallest absolute Gasteiger partial charge is 0.201 e. The van der Waals surface area contributed by atoms with Crippen LogP contribution in [-0.4, -0.2) is 12.4 Å². The summed E-state index contributed by atoms with van der Waals surface area (Å²) in [6.45, 7) is 4.58. The van der Waals surface area contributed by atoms with Gasteiger partial charge in [-0.25, -0.2) is 4.39 Å². The highest BCUT2D eigenvalue weighted by molar-refractivity contribution is 5.98. The second-order valence-corrected chi connectivity index (χ2v) is 6.62. The molecule has 0 bridgehead atoms. The third-order valence-electron chi connectivity index (χ3n) is 4.70. The summed E-state index contributed by atoms with van der Waals surface area (Å²) in [6.07, 6.45) is 6.29. The van der Waals surface area contributed by atoms with E-state index in [2.05, 4.69) is 13.8 Å². The fourth-order valence-corrected chi connectivity index (χ4v) is 3.11. The monoisotopic (exact) mass is 324 g/mol. The van der Waals surface area contributed by atoms with Gasteiger partial charge in [-0.2, -0.15) is 4.39 Å². The fourth-order valence-electron chi connectivity index (χ4n) is 3.11. The highest BCUT2D eigenvalue weighted by Crippen LogP contribution is 2.32. The van der Waals surface area contributed by atoms with Crippen LogP contribution in [0, 0.1) is 23.5 Å². The van der Waals surface area contributed by atoms with Gasteiger partial charge in [0.15, 0.2) is 17.3 Å². The normalized spacial score (nSPS) is 21.2. The standard InChI is InChI=1S/C19H26F2O2/c1-3-4-5-12-23-16-11-10-15(17(20)18(16)21)19(22)14-8-6-13(2)7-9-14/h10-11,13-14H,3-9,12H2,1-2H3. The first-order valence-electron chi connectivity index (χ1n) is 8.69. The Bertz CT molecular complexity index is 534. The van der Waals surface area contributed by atoms with Crippen molar-refractivity contribution in [2.24, 2.45) is 11.8 Å². The van der Waals surface area contributed by atoms with E-state index in [-0.39, 0.29) is 23.0 Å². The van der Waals surface area contributed by atoms with E-state index in [1.54, 1.807) is 0 Å². The van der Waals surface area contributed by atoms with Crippen LogP contribution >= 0.6 is 0 Å². The van der Waals surface area contributed by atoms with Crippen LogP contribution in [0.1, 0.15) is 69.2 Å². The second-order valence-electron chi connectivity index (χ2n) is 6.62. The van der Waals surface area contributed by atoms with Crippen LogP contribution in [0.3, 0.4) is 0 Å². The van der Waals surface area contributed by atoms with Crippen molar-refractivity contribution < 1.29 is 18.3 Å². The van der Waals surface area contributed by atoms with Gasteiger partial charge < -0.3 is 4.74 Å². The Kier molecular flexibility index (Phi) is 6.55. The molecule has 128 valence electrons. The summed E-state index contributed by atoms with van der Waals surface area (Å²) >= 11 is 0. The zero-order valence-corrected chi connectivity index (χ0v) is 14.0. The highest BCUT2D eigenvalue weighted by Gasteiger charge is 2.28. The summed E-state index contributed by atoms with van der Waals surface area (Å²) in [5.41, 5.74) is -0.136. The molecule has 1 saturated carbocycles. The average molecular weight is 324 g/mol. The van der Waals surface area contributed by atoms with Gasteiger partial charge in [0.25, 0.3) is 0 Å². The Balaban J connectivity index is 2.05. The zero-order chi connectivity index (χ0) is 16.8. The molecule has 0 radical (unpaired) electrons. The molecular weight excluding hydrogens is 298 g/mol. The number of ketones is 1. The number of ether oxygens (including phenoxy) is 1. The zero-order valence-electron chi connectivity index (χ0n) is 14.0. The molecule has 4 heteroatoms. The molecule has 0 spiro atoms. The van der Waals surface area contributed by atoms with E-state index in [1.807, 2.05) is 0 Å². The van der Waals surface area contributed by atoms with Crippen molar-refractivity contribution in [2.75, 3.05) is 6.61 Å². The molecule has 1 aliphatic carbocycles. The van der Waals surface area contributed by atoms with Gasteiger partial charge in [0.2, 0.25) is 5.82 Å². The number of carbonyl (C=O) groups excluding carboxylic acids is 1. The number of Topliss-reactive ketones (excluding diaryl/α,β-unsaturated/α-hetero) is 1. The SMILES string of the molecule is CCCCCOc1ccc(C(=O)C2CCC(C)CC2)c(F)c1F. The van der Waals surface area contributed by atoms with Crippen molar-refractivity contribution in [3.05, 3.63) is 29.3 Å². The molecule has 0 aliphatic heterocycles. The summed E-state index contributed by atoms with van der Waals surface area (Å²) in [7, 11) is 0. The summed E-state index contributed by atoms with van der Waals surface area (Å²) in [6, 6.07) is 2.75. The topological polar surface area (TPSA) is 26.3 Å². The van der Waals surface area contributed by atoms with Crippen LogP contribution in [0.5, 0.6) is 5.75 Å². The van der Waals surface area contributed by atoms with Crippen molar-refractivity contribution in [1.82, 2.24) is 0 Å². The number of hydrogen-bond donors (Lipinski definition) is 0. The number of carbonyl (C=O) groups is 1. The predicted molar refractivity (Wildman–Crippen MR) is 86.8 cm³/mol. The van der Waals surface area contributed by atoms with E-state index in [4.69, 9.17) is 4.74 Å². The quantitative estimate of drug-likeness (QED) is 0.486. The fraction of sp³-hybridized carbons (Fsp3) is 0.632. The van der Waals surface area contributed by atoms with Crippen molar-refractivity contribution in [2.45, 2.75) is 58.8 Å². The molecule has 23 heavy (non-hydrogen) atoms. The Morgan fingerprint density at radius 1 is 1.13 bits per heavy atom. The Labute approximate surface area is 137 Å². The predicted octanol–water partition coefficient (Wildman–Crippen LogP) is 5.54. The summed E-state index contributed by atoms with van der Waals surface area (Å²) in [5.74, 6) is -2.06. The van der Waals surface area contributed by atoms with E-state index in [0.29, 0.717) is 12.5 Å². The minimum atomic E-state index is -1.07. The first kappa shape index (κ1) is 17.9. The second kappa shape index (κ2) is 8.42. The molecule has 1 aliphatic rings. The van der Waals surface area contributed by atoms with E-state index in [1.165, 1.54) is 12.1 Å². The number of hydrogen-bond acceptors (Lipinski definition) is 2. The van der Waals surface area contributed by atoms with Crippen LogP contribution in [-0.2, 0) is 0 Å². The Morgan fingerprint density at radius 2 is 1.83 bits per heavy atom. The van der Waals surface area contributed by atoms with Gasteiger partial charge in [-0.3, -0.25) is 4.79 Å². The average Bonchev–Trinajstić information content (AvgIpc) is 2.55. The number of rotatable bonds is 7. The molecule has 0 aromatic heterocycles. The highest BCUT2D eigenvalue weighted by atomic mass is 19.2. The van der Waals surface area contributed by atoms with Crippen LogP contribution in [0.4, 0.5) is 8.78 Å². The van der Waals surface area contributed by atoms with Gasteiger partial charge in [0.05, 0.1) is 12.2 Å². The van der Waals surface area contributed by atoms with Crippen LogP contribution in [0.15, 0.2) is 12.1 Å². The van der Waals surface area contributed by atoms with Gasteiger partial charge in [-0.1, -0.05) is 39.5 Å². The molecular formula is C19H26F2O2. The van der Waals surface area contributed by atoms with Gasteiger partial charge >= 0.3 is 0 Å². The lowest BCUT2D eigenvalue weighted by Gasteiger charge is -2.25. The van der Waals surface area contributed by atoms with Gasteiger partial charge in [0.1, 0.15) is 0 Å². The molecule has 0 saturated heterocycles. The molecule has 0 amide bonds. The minimum absolute atomic E-state index is 0.104. The maximum absolute atomic E-state index is 14.2. The Morgan fingerprint density at radius 3 is 2.48 bits per heavy atom. The summed E-state index contributed by atoms with van der Waals surface area (Å²) < 4.78 is 33.6. The van der Waals surface area contributed by atoms with Gasteiger partial charge in [-0.05, 0) is 37.3 Å². The minimum Gasteiger partial charge on any atom is -0.490 e. The van der Waals surface area contributed by atoms with Crippen molar-refractivity contribution in [3.63, 3.8) is 0 Å². The van der Waals surface area contributed by atoms with Crippen LogP contribution < -0.4 is 4.74 Å². The molecule has 2 nitrogen and oxygen atoms in total. The maximum Gasteiger partial charge on any atom is 0.201 e.